The highest BCUT2D eigenvalue weighted by atomic mass is 127. The molecule has 158 valence electrons. The second-order valence-corrected chi connectivity index (χ2v) is 9.41. The summed E-state index contributed by atoms with van der Waals surface area (Å²) in [6.07, 6.45) is 4.17. The predicted octanol–water partition coefficient (Wildman–Crippen LogP) is 4.40. The van der Waals surface area contributed by atoms with Crippen LogP contribution in [0.1, 0.15) is 44.3 Å². The normalized spacial score (nSPS) is 14.8. The summed E-state index contributed by atoms with van der Waals surface area (Å²) in [5.74, 6) is 0. The van der Waals surface area contributed by atoms with E-state index in [1.165, 1.54) is 4.68 Å². The van der Waals surface area contributed by atoms with Crippen molar-refractivity contribution < 1.29 is 14.3 Å². The first-order valence-corrected chi connectivity index (χ1v) is 10.8. The monoisotopic (exact) mass is 521 g/mol. The number of hydrogen-bond acceptors (Lipinski definition) is 6. The largest absolute Gasteiger partial charge is 0.442 e. The molecular formula is C21H24IN5O3. The van der Waals surface area contributed by atoms with Crippen LogP contribution in [-0.2, 0) is 9.47 Å². The number of rotatable bonds is 2. The van der Waals surface area contributed by atoms with Crippen molar-refractivity contribution in [2.45, 2.75) is 46.6 Å². The second-order valence-electron chi connectivity index (χ2n) is 8.25. The van der Waals surface area contributed by atoms with Gasteiger partial charge >= 0.3 is 6.09 Å². The molecule has 0 atom stereocenters. The van der Waals surface area contributed by atoms with Crippen LogP contribution in [-0.4, -0.2) is 49.3 Å². The number of nitrogens with zero attached hydrogens (tertiary/aromatic N) is 5. The number of ether oxygens (including phenoxy) is 2. The molecule has 3 aromatic rings. The van der Waals surface area contributed by atoms with Gasteiger partial charge in [-0.15, -0.1) is 0 Å². The van der Waals surface area contributed by atoms with Crippen LogP contribution in [0.4, 0.5) is 4.79 Å². The van der Waals surface area contributed by atoms with Gasteiger partial charge in [0, 0.05) is 5.56 Å². The Kier molecular flexibility index (Phi) is 5.43. The highest BCUT2D eigenvalue weighted by molar-refractivity contribution is 14.1. The molecule has 4 heterocycles. The minimum atomic E-state index is -0.603. The fourth-order valence-electron chi connectivity index (χ4n) is 3.53. The summed E-state index contributed by atoms with van der Waals surface area (Å²) in [7, 11) is 0. The number of aromatic nitrogens is 5. The van der Waals surface area contributed by atoms with Gasteiger partial charge in [-0.3, -0.25) is 0 Å². The zero-order chi connectivity index (χ0) is 21.6. The molecule has 0 fully saturated rings. The van der Waals surface area contributed by atoms with E-state index in [1.807, 2.05) is 45.2 Å². The van der Waals surface area contributed by atoms with Crippen molar-refractivity contribution in [1.29, 1.82) is 0 Å². The Labute approximate surface area is 188 Å². The maximum absolute atomic E-state index is 12.7. The van der Waals surface area contributed by atoms with E-state index in [9.17, 15) is 4.79 Å². The Balaban J connectivity index is 1.89. The van der Waals surface area contributed by atoms with Gasteiger partial charge in [-0.05, 0) is 75.3 Å². The molecule has 0 saturated carbocycles. The first kappa shape index (κ1) is 21.0. The summed E-state index contributed by atoms with van der Waals surface area (Å²) in [6.45, 7) is 10.5. The third-order valence-electron chi connectivity index (χ3n) is 4.83. The van der Waals surface area contributed by atoms with Gasteiger partial charge in [-0.25, -0.2) is 14.3 Å². The number of hydrogen-bond donors (Lipinski definition) is 0. The number of aryl methyl sites for hydroxylation is 1. The maximum Gasteiger partial charge on any atom is 0.435 e. The molecule has 0 N–H and O–H groups in total. The van der Waals surface area contributed by atoms with Gasteiger partial charge in [0.15, 0.2) is 5.65 Å². The Morgan fingerprint density at radius 2 is 2.07 bits per heavy atom. The van der Waals surface area contributed by atoms with Crippen molar-refractivity contribution in [2.75, 3.05) is 13.2 Å². The van der Waals surface area contributed by atoms with E-state index in [2.05, 4.69) is 38.9 Å². The highest BCUT2D eigenvalue weighted by Gasteiger charge is 2.25. The summed E-state index contributed by atoms with van der Waals surface area (Å²) < 4.78 is 15.1. The van der Waals surface area contributed by atoms with Crippen LogP contribution in [0.2, 0.25) is 0 Å². The average molecular weight is 521 g/mol. The third kappa shape index (κ3) is 3.87. The molecule has 0 bridgehead atoms. The van der Waals surface area contributed by atoms with Gasteiger partial charge < -0.3 is 9.47 Å². The van der Waals surface area contributed by atoms with E-state index in [-0.39, 0.29) is 0 Å². The Bertz CT molecular complexity index is 1170. The van der Waals surface area contributed by atoms with Gasteiger partial charge in [0.1, 0.15) is 5.60 Å². The molecule has 0 saturated heterocycles. The zero-order valence-corrected chi connectivity index (χ0v) is 19.8. The second kappa shape index (κ2) is 7.77. The minimum absolute atomic E-state index is 0.498. The van der Waals surface area contributed by atoms with Crippen LogP contribution >= 0.6 is 22.6 Å². The molecule has 0 aromatic carbocycles. The van der Waals surface area contributed by atoms with Gasteiger partial charge in [-0.2, -0.15) is 14.9 Å². The maximum atomic E-state index is 12.7. The summed E-state index contributed by atoms with van der Waals surface area (Å²) in [4.78, 5) is 17.5. The molecule has 0 aliphatic carbocycles. The molecular weight excluding hydrogens is 497 g/mol. The first-order valence-electron chi connectivity index (χ1n) is 9.77. The fraction of sp³-hybridized carbons (Fsp3) is 0.429. The van der Waals surface area contributed by atoms with Crippen LogP contribution in [0.5, 0.6) is 0 Å². The molecule has 4 rings (SSSR count). The molecule has 9 heteroatoms. The number of carbonyl (C=O) groups excluding carboxylic acids is 1. The Morgan fingerprint density at radius 3 is 2.73 bits per heavy atom. The lowest BCUT2D eigenvalue weighted by atomic mass is 10.0. The van der Waals surface area contributed by atoms with E-state index in [0.717, 1.165) is 43.9 Å². The highest BCUT2D eigenvalue weighted by Crippen LogP contribution is 2.32. The molecule has 0 amide bonds. The topological polar surface area (TPSA) is 83.5 Å². The molecule has 0 spiro atoms. The lowest BCUT2D eigenvalue weighted by Crippen LogP contribution is -2.28. The van der Waals surface area contributed by atoms with Crippen molar-refractivity contribution in [1.82, 2.24) is 24.4 Å². The first-order chi connectivity index (χ1) is 14.2. The van der Waals surface area contributed by atoms with E-state index in [4.69, 9.17) is 14.5 Å². The van der Waals surface area contributed by atoms with Crippen LogP contribution in [0.3, 0.4) is 0 Å². The number of fused-ring (bicyclic) bond motifs is 1. The van der Waals surface area contributed by atoms with Crippen molar-refractivity contribution >= 4 is 39.9 Å². The van der Waals surface area contributed by atoms with Crippen molar-refractivity contribution in [2.24, 2.45) is 0 Å². The minimum Gasteiger partial charge on any atom is -0.442 e. The quantitative estimate of drug-likeness (QED) is 0.465. The SMILES string of the molecule is Cc1nn(C(=O)OC(C)(C)C)c(C)c1-c1cc(C2=CCOCC2)nc2c(I)cnn12. The summed E-state index contributed by atoms with van der Waals surface area (Å²) in [5, 5.41) is 9.00. The van der Waals surface area contributed by atoms with E-state index >= 15 is 0 Å². The van der Waals surface area contributed by atoms with Crippen molar-refractivity contribution in [3.05, 3.63) is 39.0 Å². The van der Waals surface area contributed by atoms with Crippen molar-refractivity contribution in [3.63, 3.8) is 0 Å². The van der Waals surface area contributed by atoms with Gasteiger partial charge in [0.2, 0.25) is 0 Å². The van der Waals surface area contributed by atoms with Gasteiger partial charge in [0.05, 0.1) is 45.8 Å². The standard InChI is InChI=1S/C21H24IN5O3/c1-12-18(13(2)26(25-12)20(28)30-21(3,4)5)17-10-16(14-6-8-29-9-7-14)24-19-15(22)11-23-27(17)19/h6,10-11H,7-9H2,1-5H3. The summed E-state index contributed by atoms with van der Waals surface area (Å²) in [5.41, 5.74) is 5.33. The van der Waals surface area contributed by atoms with E-state index in [1.54, 1.807) is 6.20 Å². The van der Waals surface area contributed by atoms with Crippen LogP contribution in [0, 0.1) is 17.4 Å². The van der Waals surface area contributed by atoms with Gasteiger partial charge in [-0.1, -0.05) is 6.08 Å². The lowest BCUT2D eigenvalue weighted by molar-refractivity contribution is 0.0510. The molecule has 8 nitrogen and oxygen atoms in total. The Hall–Kier alpha value is -2.27. The van der Waals surface area contributed by atoms with Crippen LogP contribution in [0.15, 0.2) is 18.3 Å². The Morgan fingerprint density at radius 1 is 1.30 bits per heavy atom. The average Bonchev–Trinajstić information content (AvgIpc) is 3.20. The number of halogens is 1. The molecule has 1 aliphatic rings. The molecule has 3 aromatic heterocycles. The molecule has 30 heavy (non-hydrogen) atoms. The van der Waals surface area contributed by atoms with E-state index < -0.39 is 11.7 Å². The molecule has 0 radical (unpaired) electrons. The fourth-order valence-corrected chi connectivity index (χ4v) is 4.01. The summed E-state index contributed by atoms with van der Waals surface area (Å²) >= 11 is 2.24. The third-order valence-corrected chi connectivity index (χ3v) is 5.60. The van der Waals surface area contributed by atoms with Crippen LogP contribution < -0.4 is 0 Å². The molecule has 0 unspecified atom stereocenters. The van der Waals surface area contributed by atoms with Crippen molar-refractivity contribution in [3.8, 4) is 11.3 Å². The number of carbonyl (C=O) groups is 1. The van der Waals surface area contributed by atoms with Crippen LogP contribution in [0.25, 0.3) is 22.5 Å². The zero-order valence-electron chi connectivity index (χ0n) is 17.7. The van der Waals surface area contributed by atoms with E-state index in [0.29, 0.717) is 18.9 Å². The van der Waals surface area contributed by atoms with Gasteiger partial charge in [0.25, 0.3) is 0 Å². The molecule has 1 aliphatic heterocycles. The summed E-state index contributed by atoms with van der Waals surface area (Å²) in [6, 6.07) is 2.02. The smallest absolute Gasteiger partial charge is 0.435 e. The lowest BCUT2D eigenvalue weighted by Gasteiger charge is -2.19. The predicted molar refractivity (Wildman–Crippen MR) is 121 cm³/mol.